The van der Waals surface area contributed by atoms with E-state index < -0.39 is 15.6 Å². The molecule has 1 amide bonds. The third-order valence-corrected chi connectivity index (χ3v) is 6.30. The predicted octanol–water partition coefficient (Wildman–Crippen LogP) is 3.31. The minimum atomic E-state index is -3.39. The monoisotopic (exact) mass is 458 g/mol. The Morgan fingerprint density at radius 3 is 2.56 bits per heavy atom. The molecule has 1 aliphatic heterocycles. The van der Waals surface area contributed by atoms with Crippen molar-refractivity contribution in [1.29, 1.82) is 0 Å². The summed E-state index contributed by atoms with van der Waals surface area (Å²) in [5, 5.41) is 0. The van der Waals surface area contributed by atoms with Crippen LogP contribution in [-0.2, 0) is 21.2 Å². The maximum absolute atomic E-state index is 12.9. The summed E-state index contributed by atoms with van der Waals surface area (Å²) in [4.78, 5) is 14.6. The average molecular weight is 459 g/mol. The van der Waals surface area contributed by atoms with Crippen molar-refractivity contribution in [3.8, 4) is 0 Å². The molecule has 27 heavy (non-hydrogen) atoms. The first kappa shape index (κ1) is 20.6. The minimum Gasteiger partial charge on any atom is -0.444 e. The molecule has 2 unspecified atom stereocenters. The van der Waals surface area contributed by atoms with Crippen LogP contribution in [0.1, 0.15) is 39.2 Å². The molecule has 6 nitrogen and oxygen atoms in total. The largest absolute Gasteiger partial charge is 0.444 e. The molecule has 2 atom stereocenters. The number of halogens is 1. The van der Waals surface area contributed by atoms with Crippen molar-refractivity contribution in [3.05, 3.63) is 34.3 Å². The van der Waals surface area contributed by atoms with Crippen molar-refractivity contribution in [2.45, 2.75) is 57.7 Å². The zero-order valence-electron chi connectivity index (χ0n) is 16.2. The van der Waals surface area contributed by atoms with Crippen LogP contribution in [0, 0.1) is 5.41 Å². The van der Waals surface area contributed by atoms with E-state index in [9.17, 15) is 13.2 Å². The molecule has 1 aromatic carbocycles. The molecule has 2 fully saturated rings. The van der Waals surface area contributed by atoms with Crippen molar-refractivity contribution in [3.63, 3.8) is 0 Å². The molecular weight excluding hydrogens is 432 g/mol. The van der Waals surface area contributed by atoms with Gasteiger partial charge in [-0.05, 0) is 57.7 Å². The molecule has 1 saturated carbocycles. The van der Waals surface area contributed by atoms with Gasteiger partial charge in [-0.3, -0.25) is 0 Å². The number of nitrogens with zero attached hydrogens (tertiary/aromatic N) is 1. The molecule has 1 heterocycles. The molecule has 8 heteroatoms. The van der Waals surface area contributed by atoms with E-state index in [2.05, 4.69) is 20.7 Å². The molecule has 2 aliphatic rings. The number of carbonyl (C=O) groups excluding carboxylic acids is 1. The van der Waals surface area contributed by atoms with Gasteiger partial charge >= 0.3 is 6.09 Å². The Morgan fingerprint density at radius 2 is 2.04 bits per heavy atom. The summed E-state index contributed by atoms with van der Waals surface area (Å²) in [6, 6.07) is 7.29. The summed E-state index contributed by atoms with van der Waals surface area (Å²) in [7, 11) is -3.39. The van der Waals surface area contributed by atoms with Crippen molar-refractivity contribution in [2.75, 3.05) is 12.8 Å². The van der Waals surface area contributed by atoms with Crippen LogP contribution < -0.4 is 4.72 Å². The van der Waals surface area contributed by atoms with Gasteiger partial charge in [0, 0.05) is 22.5 Å². The van der Waals surface area contributed by atoms with Gasteiger partial charge in [-0.2, -0.15) is 0 Å². The lowest BCUT2D eigenvalue weighted by Crippen LogP contribution is -2.50. The molecule has 1 N–H and O–H groups in total. The Morgan fingerprint density at radius 1 is 1.37 bits per heavy atom. The number of carbonyl (C=O) groups is 1. The second-order valence-electron chi connectivity index (χ2n) is 8.74. The van der Waals surface area contributed by atoms with Gasteiger partial charge in [0.15, 0.2) is 0 Å². The highest BCUT2D eigenvalue weighted by molar-refractivity contribution is 9.10. The summed E-state index contributed by atoms with van der Waals surface area (Å²) in [6.07, 6.45) is 3.18. The summed E-state index contributed by atoms with van der Waals surface area (Å²) >= 11 is 3.48. The van der Waals surface area contributed by atoms with Crippen molar-refractivity contribution in [1.82, 2.24) is 9.62 Å². The van der Waals surface area contributed by atoms with Crippen LogP contribution in [0.2, 0.25) is 0 Å². The van der Waals surface area contributed by atoms with E-state index in [1.165, 1.54) is 6.26 Å². The second-order valence-corrected chi connectivity index (χ2v) is 11.4. The number of hydrogen-bond acceptors (Lipinski definition) is 4. The smallest absolute Gasteiger partial charge is 0.410 e. The summed E-state index contributed by atoms with van der Waals surface area (Å²) in [5.74, 6) is 0. The molecule has 3 rings (SSSR count). The number of rotatable bonds is 4. The third-order valence-electron chi connectivity index (χ3n) is 5.13. The van der Waals surface area contributed by atoms with Gasteiger partial charge in [0.05, 0.1) is 12.3 Å². The second kappa shape index (κ2) is 7.04. The minimum absolute atomic E-state index is 0.184. The number of likely N-dealkylation sites (tertiary alicyclic amines) is 1. The number of ether oxygens (including phenoxy) is 1. The quantitative estimate of drug-likeness (QED) is 0.750. The summed E-state index contributed by atoms with van der Waals surface area (Å²) < 4.78 is 33.4. The highest BCUT2D eigenvalue weighted by atomic mass is 79.9. The number of amides is 1. The molecular formula is C19H27BrN2O4S. The lowest BCUT2D eigenvalue weighted by Gasteiger charge is -2.31. The number of hydrogen-bond donors (Lipinski definition) is 1. The first-order chi connectivity index (χ1) is 12.4. The molecule has 0 bridgehead atoms. The van der Waals surface area contributed by atoms with Crippen LogP contribution in [0.4, 0.5) is 4.79 Å². The van der Waals surface area contributed by atoms with E-state index in [-0.39, 0.29) is 23.6 Å². The standard InChI is InChI=1S/C19H27BrN2O4S/c1-18(2,3)26-17(23)22-12-19(8-9-19)16(21-27(4,24)25)15(22)11-13-6-5-7-14(20)10-13/h5-7,10,15-16,21H,8-9,11-12H2,1-4H3. The molecule has 0 aromatic heterocycles. The molecule has 1 spiro atoms. The van der Waals surface area contributed by atoms with Crippen LogP contribution in [0.25, 0.3) is 0 Å². The Hall–Kier alpha value is -1.12. The Labute approximate surface area is 169 Å². The van der Waals surface area contributed by atoms with Crippen molar-refractivity contribution >= 4 is 32.0 Å². The van der Waals surface area contributed by atoms with Crippen LogP contribution in [0.3, 0.4) is 0 Å². The topological polar surface area (TPSA) is 75.7 Å². The van der Waals surface area contributed by atoms with E-state index >= 15 is 0 Å². The Kier molecular flexibility index (Phi) is 5.38. The number of sulfonamides is 1. The molecule has 1 aromatic rings. The van der Waals surface area contributed by atoms with Gasteiger partial charge in [0.2, 0.25) is 10.0 Å². The summed E-state index contributed by atoms with van der Waals surface area (Å²) in [6.45, 7) is 6.03. The van der Waals surface area contributed by atoms with Crippen LogP contribution >= 0.6 is 15.9 Å². The average Bonchev–Trinajstić information content (AvgIpc) is 3.21. The van der Waals surface area contributed by atoms with E-state index in [4.69, 9.17) is 4.74 Å². The SMILES string of the molecule is CC(C)(C)OC(=O)N1CC2(CC2)C(NS(C)(=O)=O)C1Cc1cccc(Br)c1. The van der Waals surface area contributed by atoms with E-state index in [1.807, 2.05) is 45.0 Å². The number of benzene rings is 1. The zero-order valence-corrected chi connectivity index (χ0v) is 18.6. The van der Waals surface area contributed by atoms with Gasteiger partial charge in [-0.25, -0.2) is 17.9 Å². The van der Waals surface area contributed by atoms with Crippen LogP contribution in [0.15, 0.2) is 28.7 Å². The molecule has 1 saturated heterocycles. The van der Waals surface area contributed by atoms with Crippen LogP contribution in [0.5, 0.6) is 0 Å². The first-order valence-electron chi connectivity index (χ1n) is 9.10. The van der Waals surface area contributed by atoms with E-state index in [1.54, 1.807) is 4.90 Å². The van der Waals surface area contributed by atoms with Gasteiger partial charge < -0.3 is 9.64 Å². The van der Waals surface area contributed by atoms with Crippen molar-refractivity contribution in [2.24, 2.45) is 5.41 Å². The van der Waals surface area contributed by atoms with Gasteiger partial charge in [-0.15, -0.1) is 0 Å². The predicted molar refractivity (Wildman–Crippen MR) is 108 cm³/mol. The lowest BCUT2D eigenvalue weighted by molar-refractivity contribution is 0.0214. The normalized spacial score (nSPS) is 24.3. The maximum atomic E-state index is 12.9. The maximum Gasteiger partial charge on any atom is 0.410 e. The molecule has 150 valence electrons. The fourth-order valence-corrected chi connectivity index (χ4v) is 5.18. The fourth-order valence-electron chi connectivity index (χ4n) is 3.86. The first-order valence-corrected chi connectivity index (χ1v) is 11.8. The third kappa shape index (κ3) is 5.03. The Bertz CT molecular complexity index is 830. The molecule has 1 aliphatic carbocycles. The zero-order chi connectivity index (χ0) is 20.0. The lowest BCUT2D eigenvalue weighted by atomic mass is 9.93. The fraction of sp³-hybridized carbons (Fsp3) is 0.632. The van der Waals surface area contributed by atoms with Crippen LogP contribution in [-0.4, -0.2) is 49.9 Å². The van der Waals surface area contributed by atoms with Gasteiger partial charge in [0.25, 0.3) is 0 Å². The van der Waals surface area contributed by atoms with E-state index in [0.29, 0.717) is 13.0 Å². The molecule has 0 radical (unpaired) electrons. The van der Waals surface area contributed by atoms with Crippen molar-refractivity contribution < 1.29 is 17.9 Å². The Balaban J connectivity index is 1.92. The van der Waals surface area contributed by atoms with Gasteiger partial charge in [0.1, 0.15) is 5.60 Å². The highest BCUT2D eigenvalue weighted by Gasteiger charge is 2.61. The summed E-state index contributed by atoms with van der Waals surface area (Å²) in [5.41, 5.74) is 0.258. The highest BCUT2D eigenvalue weighted by Crippen LogP contribution is 2.55. The van der Waals surface area contributed by atoms with Gasteiger partial charge in [-0.1, -0.05) is 28.1 Å². The number of nitrogens with one attached hydrogen (secondary N) is 1. The van der Waals surface area contributed by atoms with E-state index in [0.717, 1.165) is 22.9 Å².